The van der Waals surface area contributed by atoms with Gasteiger partial charge in [-0.1, -0.05) is 0 Å². The quantitative estimate of drug-likeness (QED) is 0.695. The second-order valence-electron chi connectivity index (χ2n) is 7.92. The Labute approximate surface area is 173 Å². The third-order valence-electron chi connectivity index (χ3n) is 6.09. The number of alkyl halides is 3. The van der Waals surface area contributed by atoms with Crippen LogP contribution in [0.5, 0.6) is 0 Å². The number of carboxylic acids is 1. The minimum absolute atomic E-state index is 0.177. The van der Waals surface area contributed by atoms with Crippen LogP contribution >= 0.6 is 0 Å². The molecule has 3 atom stereocenters. The van der Waals surface area contributed by atoms with E-state index in [4.69, 9.17) is 24.1 Å². The molecule has 1 N–H and O–H groups in total. The molecule has 172 valence electrons. The van der Waals surface area contributed by atoms with E-state index in [1.54, 1.807) is 0 Å². The van der Waals surface area contributed by atoms with Crippen molar-refractivity contribution in [1.82, 2.24) is 9.80 Å². The van der Waals surface area contributed by atoms with Crippen molar-refractivity contribution in [3.8, 4) is 0 Å². The third kappa shape index (κ3) is 5.83. The first-order valence-corrected chi connectivity index (χ1v) is 10.4. The molecule has 11 heteroatoms. The molecule has 0 aromatic carbocycles. The van der Waals surface area contributed by atoms with Crippen molar-refractivity contribution < 1.29 is 42.1 Å². The Morgan fingerprint density at radius 2 is 1.47 bits per heavy atom. The van der Waals surface area contributed by atoms with Crippen LogP contribution in [-0.2, 0) is 23.8 Å². The maximum absolute atomic E-state index is 12.6. The summed E-state index contributed by atoms with van der Waals surface area (Å²) in [7, 11) is 0. The summed E-state index contributed by atoms with van der Waals surface area (Å²) in [6, 6.07) is 1.15. The molecule has 4 saturated heterocycles. The number of ether oxygens (including phenoxy) is 3. The highest BCUT2D eigenvalue weighted by Crippen LogP contribution is 2.35. The number of carbonyl (C=O) groups excluding carboxylic acids is 1. The molecule has 4 aliphatic rings. The number of halogens is 3. The first kappa shape index (κ1) is 23.2. The summed E-state index contributed by atoms with van der Waals surface area (Å²) < 4.78 is 48.8. The minimum atomic E-state index is -5.08. The van der Waals surface area contributed by atoms with Crippen LogP contribution in [0.25, 0.3) is 0 Å². The van der Waals surface area contributed by atoms with Gasteiger partial charge in [0.2, 0.25) is 0 Å². The van der Waals surface area contributed by atoms with Crippen LogP contribution in [0.4, 0.5) is 13.2 Å². The summed E-state index contributed by atoms with van der Waals surface area (Å²) in [5.74, 6) is -2.58. The smallest absolute Gasteiger partial charge is 0.475 e. The number of hydrogen-bond donors (Lipinski definition) is 1. The molecule has 0 spiro atoms. The van der Waals surface area contributed by atoms with Gasteiger partial charge in [0.25, 0.3) is 5.91 Å². The molecule has 0 unspecified atom stereocenters. The van der Waals surface area contributed by atoms with E-state index in [-0.39, 0.29) is 18.1 Å². The molecule has 0 saturated carbocycles. The predicted molar refractivity (Wildman–Crippen MR) is 97.9 cm³/mol. The van der Waals surface area contributed by atoms with Gasteiger partial charge in [0.05, 0.1) is 19.3 Å². The zero-order valence-corrected chi connectivity index (χ0v) is 16.8. The fourth-order valence-electron chi connectivity index (χ4n) is 4.60. The van der Waals surface area contributed by atoms with Crippen LogP contribution in [0.2, 0.25) is 0 Å². The maximum atomic E-state index is 12.6. The summed E-state index contributed by atoms with van der Waals surface area (Å²) in [4.78, 5) is 26.1. The Morgan fingerprint density at radius 1 is 0.867 bits per heavy atom. The normalized spacial score (nSPS) is 30.9. The first-order chi connectivity index (χ1) is 14.3. The Morgan fingerprint density at radius 3 is 2.07 bits per heavy atom. The second kappa shape index (κ2) is 10.3. The number of fused-ring (bicyclic) bond motifs is 1. The van der Waals surface area contributed by atoms with E-state index in [1.807, 2.05) is 4.90 Å². The summed E-state index contributed by atoms with van der Waals surface area (Å²) in [5.41, 5.74) is 0. The zero-order valence-electron chi connectivity index (χ0n) is 16.8. The molecular formula is C19H29F3N2O6. The monoisotopic (exact) mass is 438 g/mol. The number of hydrogen-bond acceptors (Lipinski definition) is 6. The number of carbonyl (C=O) groups is 2. The molecule has 4 fully saturated rings. The summed E-state index contributed by atoms with van der Waals surface area (Å²) in [6.07, 6.45) is 0.207. The lowest BCUT2D eigenvalue weighted by molar-refractivity contribution is -0.192. The summed E-state index contributed by atoms with van der Waals surface area (Å²) in [6.45, 7) is 5.61. The van der Waals surface area contributed by atoms with E-state index < -0.39 is 12.1 Å². The highest BCUT2D eigenvalue weighted by molar-refractivity contribution is 5.81. The SMILES string of the molecule is O=C(O)C(F)(F)F.O=C([C@@H]1CC[C@@H]2[C@@H](CCN2C2CCOCC2)O1)N1CCOCC1. The van der Waals surface area contributed by atoms with E-state index in [1.165, 1.54) is 0 Å². The number of likely N-dealkylation sites (tertiary alicyclic amines) is 1. The van der Waals surface area contributed by atoms with E-state index in [0.717, 1.165) is 51.9 Å². The standard InChI is InChI=1S/C17H28N2O4.C2HF3O2/c20-17(18-7-11-22-12-8-18)16-2-1-14-15(23-16)3-6-19(14)13-4-9-21-10-5-13;3-2(4,5)1(6)7/h13-16H,1-12H2;(H,6,7)/t14-,15-,16+;/m1./s1. The number of morpholine rings is 1. The Hall–Kier alpha value is -1.43. The van der Waals surface area contributed by atoms with Gasteiger partial charge in [0, 0.05) is 44.9 Å². The van der Waals surface area contributed by atoms with Gasteiger partial charge in [0.1, 0.15) is 6.10 Å². The van der Waals surface area contributed by atoms with Crippen molar-refractivity contribution in [2.45, 2.75) is 62.6 Å². The number of carboxylic acid groups (broad SMARTS) is 1. The van der Waals surface area contributed by atoms with Crippen LogP contribution in [0, 0.1) is 0 Å². The van der Waals surface area contributed by atoms with E-state index in [2.05, 4.69) is 4.90 Å². The largest absolute Gasteiger partial charge is 0.490 e. The molecule has 0 radical (unpaired) electrons. The minimum Gasteiger partial charge on any atom is -0.475 e. The molecule has 8 nitrogen and oxygen atoms in total. The average Bonchev–Trinajstić information content (AvgIpc) is 3.17. The van der Waals surface area contributed by atoms with Crippen LogP contribution in [0.1, 0.15) is 32.1 Å². The Bertz CT molecular complexity index is 593. The molecule has 4 aliphatic heterocycles. The fraction of sp³-hybridized carbons (Fsp3) is 0.895. The number of nitrogens with zero attached hydrogens (tertiary/aromatic N) is 2. The van der Waals surface area contributed by atoms with E-state index in [0.29, 0.717) is 38.4 Å². The van der Waals surface area contributed by atoms with Gasteiger partial charge in [-0.25, -0.2) is 4.79 Å². The molecule has 0 aliphatic carbocycles. The van der Waals surface area contributed by atoms with Gasteiger partial charge < -0.3 is 24.2 Å². The maximum Gasteiger partial charge on any atom is 0.490 e. The van der Waals surface area contributed by atoms with E-state index >= 15 is 0 Å². The van der Waals surface area contributed by atoms with Crippen molar-refractivity contribution in [2.24, 2.45) is 0 Å². The van der Waals surface area contributed by atoms with Gasteiger partial charge in [-0.3, -0.25) is 9.69 Å². The highest BCUT2D eigenvalue weighted by Gasteiger charge is 2.44. The molecule has 1 amide bonds. The van der Waals surface area contributed by atoms with Crippen LogP contribution in [-0.4, -0.2) is 103 Å². The lowest BCUT2D eigenvalue weighted by Crippen LogP contribution is -2.52. The van der Waals surface area contributed by atoms with Gasteiger partial charge in [-0.2, -0.15) is 13.2 Å². The van der Waals surface area contributed by atoms with E-state index in [9.17, 15) is 18.0 Å². The number of rotatable bonds is 2. The lowest BCUT2D eigenvalue weighted by atomic mass is 9.96. The number of aliphatic carboxylic acids is 1. The van der Waals surface area contributed by atoms with Gasteiger partial charge in [-0.15, -0.1) is 0 Å². The van der Waals surface area contributed by atoms with Crippen molar-refractivity contribution >= 4 is 11.9 Å². The van der Waals surface area contributed by atoms with Gasteiger partial charge >= 0.3 is 12.1 Å². The fourth-order valence-corrected chi connectivity index (χ4v) is 4.60. The molecule has 0 bridgehead atoms. The summed E-state index contributed by atoms with van der Waals surface area (Å²) in [5, 5.41) is 7.12. The topological polar surface area (TPSA) is 88.5 Å². The molecule has 4 rings (SSSR count). The molecule has 0 aromatic heterocycles. The second-order valence-corrected chi connectivity index (χ2v) is 7.92. The van der Waals surface area contributed by atoms with Crippen molar-refractivity contribution in [3.05, 3.63) is 0 Å². The van der Waals surface area contributed by atoms with Crippen molar-refractivity contribution in [3.63, 3.8) is 0 Å². The van der Waals surface area contributed by atoms with Crippen LogP contribution in [0.3, 0.4) is 0 Å². The Balaban J connectivity index is 0.000000318. The van der Waals surface area contributed by atoms with Gasteiger partial charge in [-0.05, 0) is 32.1 Å². The lowest BCUT2D eigenvalue weighted by Gasteiger charge is -2.41. The van der Waals surface area contributed by atoms with Crippen LogP contribution in [0.15, 0.2) is 0 Å². The summed E-state index contributed by atoms with van der Waals surface area (Å²) >= 11 is 0. The zero-order chi connectivity index (χ0) is 21.7. The predicted octanol–water partition coefficient (Wildman–Crippen LogP) is 1.28. The van der Waals surface area contributed by atoms with Crippen LogP contribution < -0.4 is 0 Å². The Kier molecular flexibility index (Phi) is 7.94. The molecular weight excluding hydrogens is 409 g/mol. The molecule has 0 aromatic rings. The first-order valence-electron chi connectivity index (χ1n) is 10.4. The number of amides is 1. The average molecular weight is 438 g/mol. The van der Waals surface area contributed by atoms with Gasteiger partial charge in [0.15, 0.2) is 0 Å². The highest BCUT2D eigenvalue weighted by atomic mass is 19.4. The molecule has 30 heavy (non-hydrogen) atoms. The third-order valence-corrected chi connectivity index (χ3v) is 6.09. The molecule has 4 heterocycles. The van der Waals surface area contributed by atoms with Crippen molar-refractivity contribution in [2.75, 3.05) is 46.1 Å². The van der Waals surface area contributed by atoms with Crippen molar-refractivity contribution in [1.29, 1.82) is 0 Å².